The van der Waals surface area contributed by atoms with Gasteiger partial charge in [0.25, 0.3) is 17.1 Å². The van der Waals surface area contributed by atoms with Crippen molar-refractivity contribution in [3.05, 3.63) is 75.9 Å². The van der Waals surface area contributed by atoms with Gasteiger partial charge in [0, 0.05) is 36.8 Å². The number of imide groups is 1. The predicted octanol–water partition coefficient (Wildman–Crippen LogP) is 3.50. The molecule has 2 aromatic carbocycles. The minimum atomic E-state index is -0.522. The molecule has 8 nitrogen and oxygen atoms in total. The van der Waals surface area contributed by atoms with Crippen molar-refractivity contribution >= 4 is 40.9 Å². The van der Waals surface area contributed by atoms with Gasteiger partial charge in [-0.05, 0) is 55.4 Å². The first-order valence-corrected chi connectivity index (χ1v) is 11.5. The average molecular weight is 485 g/mol. The van der Waals surface area contributed by atoms with Crippen molar-refractivity contribution in [1.29, 1.82) is 0 Å². The van der Waals surface area contributed by atoms with Gasteiger partial charge in [-0.15, -0.1) is 0 Å². The van der Waals surface area contributed by atoms with Gasteiger partial charge >= 0.3 is 6.03 Å². The number of carbonyl (C=O) groups is 4. The Labute approximate surface area is 201 Å². The second kappa shape index (κ2) is 11.5. The molecule has 3 N–H and O–H groups in total. The summed E-state index contributed by atoms with van der Waals surface area (Å²) in [5.74, 6) is -1.36. The van der Waals surface area contributed by atoms with Crippen LogP contribution in [0.25, 0.3) is 6.08 Å². The number of urea groups is 1. The molecule has 3 rings (SSSR count). The standard InChI is InChI=1S/C24H25FN4O4S/c1-15(2)28-23(32)27-14-16-7-9-17(10-8-16)21(30)26-11-12-29-22(31)20(34-24(29)33)13-18-5-3-4-6-19(18)25/h3-10,13,15H,11-12,14H2,1-2H3,(H,26,30)(H2,27,28,32)/b20-13-. The molecule has 0 aliphatic carbocycles. The first kappa shape index (κ1) is 25.0. The van der Waals surface area contributed by atoms with E-state index in [2.05, 4.69) is 16.0 Å². The van der Waals surface area contributed by atoms with Gasteiger partial charge in [0.1, 0.15) is 5.82 Å². The Morgan fingerprint density at radius 3 is 2.44 bits per heavy atom. The van der Waals surface area contributed by atoms with Crippen molar-refractivity contribution in [2.24, 2.45) is 0 Å². The minimum Gasteiger partial charge on any atom is -0.350 e. The molecule has 0 radical (unpaired) electrons. The van der Waals surface area contributed by atoms with Gasteiger partial charge in [0.05, 0.1) is 4.91 Å². The highest BCUT2D eigenvalue weighted by Crippen LogP contribution is 2.32. The topological polar surface area (TPSA) is 108 Å². The predicted molar refractivity (Wildman–Crippen MR) is 128 cm³/mol. The van der Waals surface area contributed by atoms with Gasteiger partial charge in [0.2, 0.25) is 0 Å². The van der Waals surface area contributed by atoms with E-state index in [0.29, 0.717) is 12.1 Å². The summed E-state index contributed by atoms with van der Waals surface area (Å²) >= 11 is 0.737. The zero-order valence-electron chi connectivity index (χ0n) is 18.8. The van der Waals surface area contributed by atoms with Gasteiger partial charge in [-0.1, -0.05) is 30.3 Å². The molecular weight excluding hydrogens is 459 g/mol. The Bertz CT molecular complexity index is 1120. The van der Waals surface area contributed by atoms with Crippen LogP contribution in [-0.4, -0.2) is 47.1 Å². The summed E-state index contributed by atoms with van der Waals surface area (Å²) in [7, 11) is 0. The van der Waals surface area contributed by atoms with E-state index in [-0.39, 0.29) is 41.5 Å². The van der Waals surface area contributed by atoms with Gasteiger partial charge < -0.3 is 16.0 Å². The Morgan fingerprint density at radius 2 is 1.76 bits per heavy atom. The van der Waals surface area contributed by atoms with Crippen molar-refractivity contribution < 1.29 is 23.6 Å². The molecule has 1 saturated heterocycles. The molecule has 10 heteroatoms. The van der Waals surface area contributed by atoms with Crippen LogP contribution in [-0.2, 0) is 11.3 Å². The van der Waals surface area contributed by atoms with Crippen LogP contribution >= 0.6 is 11.8 Å². The third kappa shape index (κ3) is 6.67. The Hall–Kier alpha value is -3.66. The van der Waals surface area contributed by atoms with Crippen molar-refractivity contribution in [1.82, 2.24) is 20.9 Å². The summed E-state index contributed by atoms with van der Waals surface area (Å²) in [6, 6.07) is 12.5. The molecule has 2 aromatic rings. The van der Waals surface area contributed by atoms with E-state index in [1.807, 2.05) is 13.8 Å². The van der Waals surface area contributed by atoms with Gasteiger partial charge in [-0.2, -0.15) is 0 Å². The van der Waals surface area contributed by atoms with E-state index in [4.69, 9.17) is 0 Å². The minimum absolute atomic E-state index is 0.00200. The summed E-state index contributed by atoms with van der Waals surface area (Å²) < 4.78 is 13.8. The zero-order chi connectivity index (χ0) is 24.7. The van der Waals surface area contributed by atoms with E-state index in [0.717, 1.165) is 22.2 Å². The molecule has 0 saturated carbocycles. The van der Waals surface area contributed by atoms with Crippen LogP contribution in [0, 0.1) is 5.82 Å². The van der Waals surface area contributed by atoms with Crippen molar-refractivity contribution in [3.8, 4) is 0 Å². The van der Waals surface area contributed by atoms with Crippen molar-refractivity contribution in [2.75, 3.05) is 13.1 Å². The number of nitrogens with one attached hydrogen (secondary N) is 3. The van der Waals surface area contributed by atoms with Crippen LogP contribution in [0.15, 0.2) is 53.4 Å². The summed E-state index contributed by atoms with van der Waals surface area (Å²) in [5, 5.41) is 7.66. The van der Waals surface area contributed by atoms with Crippen LogP contribution in [0.2, 0.25) is 0 Å². The van der Waals surface area contributed by atoms with Gasteiger partial charge in [-0.3, -0.25) is 19.3 Å². The lowest BCUT2D eigenvalue weighted by atomic mass is 10.1. The van der Waals surface area contributed by atoms with Crippen molar-refractivity contribution in [3.63, 3.8) is 0 Å². The Morgan fingerprint density at radius 1 is 1.06 bits per heavy atom. The van der Waals surface area contributed by atoms with E-state index < -0.39 is 17.0 Å². The Balaban J connectivity index is 1.49. The fourth-order valence-electron chi connectivity index (χ4n) is 3.08. The van der Waals surface area contributed by atoms with Gasteiger partial charge in [0.15, 0.2) is 0 Å². The van der Waals surface area contributed by atoms with E-state index in [9.17, 15) is 23.6 Å². The summed E-state index contributed by atoms with van der Waals surface area (Å²) in [6.07, 6.45) is 1.35. The molecule has 1 heterocycles. The van der Waals surface area contributed by atoms with Crippen LogP contribution in [0.5, 0.6) is 0 Å². The summed E-state index contributed by atoms with van der Waals surface area (Å²) in [5.41, 5.74) is 1.46. The highest BCUT2D eigenvalue weighted by molar-refractivity contribution is 8.18. The zero-order valence-corrected chi connectivity index (χ0v) is 19.6. The lowest BCUT2D eigenvalue weighted by Crippen LogP contribution is -2.39. The van der Waals surface area contributed by atoms with E-state index in [1.54, 1.807) is 30.3 Å². The molecule has 1 fully saturated rings. The molecular formula is C24H25FN4O4S. The number of hydrogen-bond acceptors (Lipinski definition) is 5. The number of hydrogen-bond donors (Lipinski definition) is 3. The van der Waals surface area contributed by atoms with Crippen molar-refractivity contribution in [2.45, 2.75) is 26.4 Å². The van der Waals surface area contributed by atoms with Crippen LogP contribution in [0.4, 0.5) is 14.0 Å². The molecule has 34 heavy (non-hydrogen) atoms. The maximum atomic E-state index is 13.8. The maximum Gasteiger partial charge on any atom is 0.315 e. The molecule has 178 valence electrons. The maximum absolute atomic E-state index is 13.8. The fourth-order valence-corrected chi connectivity index (χ4v) is 3.93. The SMILES string of the molecule is CC(C)NC(=O)NCc1ccc(C(=O)NCCN2C(=O)S/C(=C\c3ccccc3F)C2=O)cc1. The number of amides is 5. The van der Waals surface area contributed by atoms with Crippen LogP contribution in [0.3, 0.4) is 0 Å². The summed E-state index contributed by atoms with van der Waals surface area (Å²) in [6.45, 7) is 4.12. The number of rotatable bonds is 8. The van der Waals surface area contributed by atoms with Crippen LogP contribution in [0.1, 0.15) is 35.3 Å². The molecule has 0 bridgehead atoms. The second-order valence-electron chi connectivity index (χ2n) is 7.79. The molecule has 5 amide bonds. The highest BCUT2D eigenvalue weighted by atomic mass is 32.2. The smallest absolute Gasteiger partial charge is 0.315 e. The molecule has 0 spiro atoms. The molecule has 0 atom stereocenters. The lowest BCUT2D eigenvalue weighted by molar-refractivity contribution is -0.122. The quantitative estimate of drug-likeness (QED) is 0.497. The third-order valence-corrected chi connectivity index (χ3v) is 5.68. The number of carbonyl (C=O) groups excluding carboxylic acids is 4. The molecule has 1 aliphatic heterocycles. The molecule has 1 aliphatic rings. The molecule has 0 aromatic heterocycles. The van der Waals surface area contributed by atoms with E-state index >= 15 is 0 Å². The number of thioether (sulfide) groups is 1. The second-order valence-corrected chi connectivity index (χ2v) is 8.78. The fraction of sp³-hybridized carbons (Fsp3) is 0.250. The van der Waals surface area contributed by atoms with E-state index in [1.165, 1.54) is 24.3 Å². The first-order valence-electron chi connectivity index (χ1n) is 10.7. The summed E-state index contributed by atoms with van der Waals surface area (Å²) in [4.78, 5) is 49.9. The monoisotopic (exact) mass is 484 g/mol. The van der Waals surface area contributed by atoms with Gasteiger partial charge in [-0.25, -0.2) is 9.18 Å². The highest BCUT2D eigenvalue weighted by Gasteiger charge is 2.34. The lowest BCUT2D eigenvalue weighted by Gasteiger charge is -2.13. The normalized spacial score (nSPS) is 14.6. The third-order valence-electron chi connectivity index (χ3n) is 4.78. The number of halogens is 1. The first-order chi connectivity index (χ1) is 16.2. The molecule has 0 unspecified atom stereocenters. The Kier molecular flexibility index (Phi) is 8.42. The largest absolute Gasteiger partial charge is 0.350 e. The average Bonchev–Trinajstić information content (AvgIpc) is 3.06. The number of nitrogens with zero attached hydrogens (tertiary/aromatic N) is 1. The number of benzene rings is 2. The van der Waals surface area contributed by atoms with Crippen LogP contribution < -0.4 is 16.0 Å².